The van der Waals surface area contributed by atoms with Gasteiger partial charge in [-0.1, -0.05) is 12.2 Å². The average Bonchev–Trinajstić information content (AvgIpc) is 3.85. The van der Waals surface area contributed by atoms with E-state index in [0.717, 1.165) is 43.9 Å². The molecule has 6 aromatic heterocycles. The van der Waals surface area contributed by atoms with Crippen LogP contribution in [0.2, 0.25) is 0 Å². The molecule has 0 saturated carbocycles. The SMILES string of the molecule is COC(=O)c1cc(-c2cc(C=Cc3scc4c3OCCO4)ccn2)nc(-c2cc(C(=O)OC)cc(-c3cc(C=Cc4scc5c4OCCO5)ccn3)n2)c1. The number of ether oxygens (including phenoxy) is 6. The van der Waals surface area contributed by atoms with Crippen LogP contribution in [0.3, 0.4) is 0 Å². The average molecular weight is 759 g/mol. The molecule has 54 heavy (non-hydrogen) atoms. The second-order valence-electron chi connectivity index (χ2n) is 11.8. The van der Waals surface area contributed by atoms with E-state index in [4.69, 9.17) is 38.4 Å². The number of hydrogen-bond donors (Lipinski definition) is 0. The van der Waals surface area contributed by atoms with Crippen molar-refractivity contribution in [2.24, 2.45) is 0 Å². The lowest BCUT2D eigenvalue weighted by atomic mass is 10.1. The molecule has 270 valence electrons. The Hall–Kier alpha value is -6.38. The van der Waals surface area contributed by atoms with E-state index in [1.807, 2.05) is 59.3 Å². The summed E-state index contributed by atoms with van der Waals surface area (Å²) < 4.78 is 33.1. The van der Waals surface area contributed by atoms with Crippen molar-refractivity contribution >= 4 is 58.9 Å². The van der Waals surface area contributed by atoms with E-state index >= 15 is 0 Å². The summed E-state index contributed by atoms with van der Waals surface area (Å²) in [6.07, 6.45) is 11.1. The fraction of sp³-hybridized carbons (Fsp3) is 0.150. The van der Waals surface area contributed by atoms with Crippen LogP contribution in [0.15, 0.2) is 71.7 Å². The molecule has 2 aliphatic rings. The van der Waals surface area contributed by atoms with Gasteiger partial charge in [0.05, 0.1) is 69.3 Å². The Morgan fingerprint density at radius 2 is 0.981 bits per heavy atom. The van der Waals surface area contributed by atoms with Crippen LogP contribution in [0.1, 0.15) is 41.6 Å². The molecule has 12 nitrogen and oxygen atoms in total. The molecule has 0 aromatic carbocycles. The first kappa shape index (κ1) is 34.7. The van der Waals surface area contributed by atoms with Crippen LogP contribution in [0.25, 0.3) is 58.5 Å². The Morgan fingerprint density at radius 1 is 0.574 bits per heavy atom. The van der Waals surface area contributed by atoms with Crippen LogP contribution in [0, 0.1) is 0 Å². The number of methoxy groups -OCH3 is 2. The third kappa shape index (κ3) is 7.29. The topological polar surface area (TPSA) is 141 Å². The van der Waals surface area contributed by atoms with Crippen LogP contribution in [-0.2, 0) is 9.47 Å². The standard InChI is InChI=1S/C40H30N4O8S2/c1-47-39(45)25-17-29(27-15-23(7-9-41-27)3-5-35-37-33(21-53-35)49-11-13-51-37)43-31(19-25)32-20-26(40(46)48-2)18-30(44-32)28-16-24(8-10-42-28)4-6-36-38-34(22-54-36)50-12-14-52-38/h3-10,15-22H,11-14H2,1-2H3. The lowest BCUT2D eigenvalue weighted by molar-refractivity contribution is 0.0591. The molecule has 0 radical (unpaired) electrons. The predicted molar refractivity (Wildman–Crippen MR) is 205 cm³/mol. The van der Waals surface area contributed by atoms with E-state index in [-0.39, 0.29) is 11.1 Å². The molecule has 0 unspecified atom stereocenters. The van der Waals surface area contributed by atoms with Crippen LogP contribution in [0.4, 0.5) is 0 Å². The van der Waals surface area contributed by atoms with Gasteiger partial charge in [-0.05, 0) is 71.8 Å². The first-order valence-corrected chi connectivity index (χ1v) is 18.5. The van der Waals surface area contributed by atoms with Gasteiger partial charge in [-0.25, -0.2) is 19.6 Å². The van der Waals surface area contributed by atoms with Gasteiger partial charge < -0.3 is 28.4 Å². The van der Waals surface area contributed by atoms with Crippen LogP contribution < -0.4 is 18.9 Å². The highest BCUT2D eigenvalue weighted by Gasteiger charge is 2.20. The van der Waals surface area contributed by atoms with Gasteiger partial charge >= 0.3 is 11.9 Å². The molecule has 8 heterocycles. The summed E-state index contributed by atoms with van der Waals surface area (Å²) in [5, 5.41) is 3.86. The lowest BCUT2D eigenvalue weighted by Gasteiger charge is -2.15. The largest absolute Gasteiger partial charge is 0.485 e. The summed E-state index contributed by atoms with van der Waals surface area (Å²) in [5.41, 5.74) is 4.58. The molecule has 0 bridgehead atoms. The predicted octanol–water partition coefficient (Wildman–Crippen LogP) is 7.85. The Morgan fingerprint density at radius 3 is 1.41 bits per heavy atom. The molecule has 0 saturated heterocycles. The highest BCUT2D eigenvalue weighted by molar-refractivity contribution is 7.12. The molecule has 0 spiro atoms. The monoisotopic (exact) mass is 758 g/mol. The third-order valence-electron chi connectivity index (χ3n) is 8.36. The fourth-order valence-electron chi connectivity index (χ4n) is 5.78. The number of hydrogen-bond acceptors (Lipinski definition) is 14. The summed E-state index contributed by atoms with van der Waals surface area (Å²) in [6, 6.07) is 13.8. The molecule has 8 rings (SSSR count). The van der Waals surface area contributed by atoms with Gasteiger partial charge in [0.15, 0.2) is 23.0 Å². The summed E-state index contributed by atoms with van der Waals surface area (Å²) in [7, 11) is 2.61. The molecule has 2 aliphatic heterocycles. The molecule has 0 fully saturated rings. The highest BCUT2D eigenvalue weighted by atomic mass is 32.1. The van der Waals surface area contributed by atoms with E-state index in [1.54, 1.807) is 36.7 Å². The van der Waals surface area contributed by atoms with Crippen molar-refractivity contribution in [3.05, 3.63) is 104 Å². The number of nitrogens with zero attached hydrogens (tertiary/aromatic N) is 4. The number of carbonyl (C=O) groups excluding carboxylic acids is 2. The zero-order valence-electron chi connectivity index (χ0n) is 28.9. The Labute approximate surface area is 317 Å². The first-order valence-electron chi connectivity index (χ1n) is 16.7. The Balaban J connectivity index is 1.15. The van der Waals surface area contributed by atoms with E-state index in [0.29, 0.717) is 60.6 Å². The quantitative estimate of drug-likeness (QED) is 0.133. The second kappa shape index (κ2) is 15.3. The van der Waals surface area contributed by atoms with Crippen molar-refractivity contribution in [3.63, 3.8) is 0 Å². The minimum Gasteiger partial charge on any atom is -0.485 e. The Bertz CT molecular complexity index is 2290. The van der Waals surface area contributed by atoms with Crippen molar-refractivity contribution in [1.82, 2.24) is 19.9 Å². The molecule has 6 aromatic rings. The summed E-state index contributed by atoms with van der Waals surface area (Å²) in [5.74, 6) is 1.80. The van der Waals surface area contributed by atoms with Crippen molar-refractivity contribution in [3.8, 4) is 57.2 Å². The van der Waals surface area contributed by atoms with Crippen molar-refractivity contribution in [1.29, 1.82) is 0 Å². The van der Waals surface area contributed by atoms with Gasteiger partial charge in [0.1, 0.15) is 26.4 Å². The molecular formula is C40H30N4O8S2. The highest BCUT2D eigenvalue weighted by Crippen LogP contribution is 2.41. The minimum absolute atomic E-state index is 0.227. The minimum atomic E-state index is -0.574. The number of aromatic nitrogens is 4. The van der Waals surface area contributed by atoms with Crippen molar-refractivity contribution < 1.29 is 38.0 Å². The molecule has 0 N–H and O–H groups in total. The number of rotatable bonds is 9. The molecule has 0 atom stereocenters. The van der Waals surface area contributed by atoms with Crippen LogP contribution >= 0.6 is 22.7 Å². The van der Waals surface area contributed by atoms with E-state index in [9.17, 15) is 9.59 Å². The maximum Gasteiger partial charge on any atom is 0.338 e. The zero-order valence-corrected chi connectivity index (χ0v) is 30.6. The van der Waals surface area contributed by atoms with E-state index in [1.165, 1.54) is 36.9 Å². The van der Waals surface area contributed by atoms with Gasteiger partial charge in [-0.2, -0.15) is 0 Å². The zero-order chi connectivity index (χ0) is 37.0. The molecular weight excluding hydrogens is 729 g/mol. The molecule has 14 heteroatoms. The number of thiophene rings is 2. The van der Waals surface area contributed by atoms with Crippen molar-refractivity contribution in [2.75, 3.05) is 40.6 Å². The van der Waals surface area contributed by atoms with Crippen LogP contribution in [-0.4, -0.2) is 72.5 Å². The third-order valence-corrected chi connectivity index (χ3v) is 10.2. The maximum atomic E-state index is 12.9. The van der Waals surface area contributed by atoms with Crippen LogP contribution in [0.5, 0.6) is 23.0 Å². The van der Waals surface area contributed by atoms with E-state index in [2.05, 4.69) is 9.97 Å². The van der Waals surface area contributed by atoms with Gasteiger partial charge in [-0.15, -0.1) is 22.7 Å². The summed E-state index contributed by atoms with van der Waals surface area (Å²) >= 11 is 3.06. The number of esters is 2. The van der Waals surface area contributed by atoms with Gasteiger partial charge in [0, 0.05) is 23.2 Å². The summed E-state index contributed by atoms with van der Waals surface area (Å²) in [6.45, 7) is 2.04. The maximum absolute atomic E-state index is 12.9. The Kier molecular flexibility index (Phi) is 9.83. The fourth-order valence-corrected chi connectivity index (χ4v) is 7.42. The smallest absolute Gasteiger partial charge is 0.338 e. The first-order chi connectivity index (χ1) is 26.4. The van der Waals surface area contributed by atoms with Crippen molar-refractivity contribution in [2.45, 2.75) is 0 Å². The normalized spacial score (nSPS) is 13.3. The number of fused-ring (bicyclic) bond motifs is 2. The molecule has 0 amide bonds. The summed E-state index contributed by atoms with van der Waals surface area (Å²) in [4.78, 5) is 46.6. The number of carbonyl (C=O) groups is 2. The van der Waals surface area contributed by atoms with Gasteiger partial charge in [0.2, 0.25) is 0 Å². The number of pyridine rings is 4. The lowest BCUT2D eigenvalue weighted by Crippen LogP contribution is -2.14. The van der Waals surface area contributed by atoms with E-state index < -0.39 is 11.9 Å². The molecule has 0 aliphatic carbocycles. The van der Waals surface area contributed by atoms with Gasteiger partial charge in [0.25, 0.3) is 0 Å². The van der Waals surface area contributed by atoms with Gasteiger partial charge in [-0.3, -0.25) is 9.97 Å². The second-order valence-corrected chi connectivity index (χ2v) is 13.7.